The summed E-state index contributed by atoms with van der Waals surface area (Å²) in [6, 6.07) is 3.47. The van der Waals surface area contributed by atoms with E-state index in [1.54, 1.807) is 18.3 Å². The molecule has 2 atom stereocenters. The third-order valence-electron chi connectivity index (χ3n) is 2.52. The highest BCUT2D eigenvalue weighted by atomic mass is 16.4. The summed E-state index contributed by atoms with van der Waals surface area (Å²) in [5.41, 5.74) is 0.656. The first-order chi connectivity index (χ1) is 7.68. The van der Waals surface area contributed by atoms with Crippen molar-refractivity contribution >= 4 is 11.9 Å². The van der Waals surface area contributed by atoms with Crippen LogP contribution in [-0.2, 0) is 16.1 Å². The molecule has 0 unspecified atom stereocenters. The van der Waals surface area contributed by atoms with Crippen LogP contribution < -0.4 is 5.32 Å². The second-order valence-corrected chi connectivity index (χ2v) is 3.72. The second-order valence-electron chi connectivity index (χ2n) is 3.72. The van der Waals surface area contributed by atoms with Crippen molar-refractivity contribution in [2.45, 2.75) is 13.0 Å². The van der Waals surface area contributed by atoms with Crippen molar-refractivity contribution in [1.82, 2.24) is 15.5 Å². The second kappa shape index (κ2) is 4.26. The molecule has 1 fully saturated rings. The van der Waals surface area contributed by atoms with Crippen LogP contribution in [0.5, 0.6) is 0 Å². The van der Waals surface area contributed by atoms with E-state index in [9.17, 15) is 9.59 Å². The molecule has 1 aliphatic carbocycles. The van der Waals surface area contributed by atoms with Gasteiger partial charge in [0.05, 0.1) is 24.1 Å². The average Bonchev–Trinajstić information content (AvgIpc) is 3.07. The predicted octanol–water partition coefficient (Wildman–Crippen LogP) is -0.187. The molecule has 1 aliphatic rings. The number of carbonyl (C=O) groups is 2. The number of carbonyl (C=O) groups excluding carboxylic acids is 1. The highest BCUT2D eigenvalue weighted by molar-refractivity contribution is 5.89. The molecule has 1 heterocycles. The van der Waals surface area contributed by atoms with Gasteiger partial charge in [-0.15, -0.1) is 0 Å². The van der Waals surface area contributed by atoms with E-state index in [2.05, 4.69) is 15.5 Å². The molecule has 0 radical (unpaired) electrons. The molecule has 0 aromatic carbocycles. The van der Waals surface area contributed by atoms with Crippen LogP contribution in [-0.4, -0.2) is 27.2 Å². The Morgan fingerprint density at radius 3 is 2.88 bits per heavy atom. The number of hydrogen-bond donors (Lipinski definition) is 2. The molecule has 0 bridgehead atoms. The van der Waals surface area contributed by atoms with Gasteiger partial charge in [-0.3, -0.25) is 9.59 Å². The van der Waals surface area contributed by atoms with Crippen molar-refractivity contribution in [2.75, 3.05) is 0 Å². The topological polar surface area (TPSA) is 92.2 Å². The SMILES string of the molecule is O=C(O)[C@H]1C[C@H]1C(=O)NCc1cccnn1. The van der Waals surface area contributed by atoms with E-state index < -0.39 is 11.9 Å². The summed E-state index contributed by atoms with van der Waals surface area (Å²) in [4.78, 5) is 22.0. The van der Waals surface area contributed by atoms with Gasteiger partial charge >= 0.3 is 5.97 Å². The average molecular weight is 221 g/mol. The standard InChI is InChI=1S/C10H11N3O3/c14-9(7-4-8(7)10(15)16)11-5-6-2-1-3-12-13-6/h1-3,7-8H,4-5H2,(H,11,14)(H,15,16)/t7-,8+/m1/s1. The number of nitrogens with one attached hydrogen (secondary N) is 1. The van der Waals surface area contributed by atoms with E-state index in [-0.39, 0.29) is 18.4 Å². The number of aliphatic carboxylic acids is 1. The van der Waals surface area contributed by atoms with E-state index in [4.69, 9.17) is 5.11 Å². The smallest absolute Gasteiger partial charge is 0.307 e. The van der Waals surface area contributed by atoms with Gasteiger partial charge in [-0.25, -0.2) is 0 Å². The molecule has 6 nitrogen and oxygen atoms in total. The lowest BCUT2D eigenvalue weighted by Gasteiger charge is -2.02. The molecule has 2 N–H and O–H groups in total. The van der Waals surface area contributed by atoms with Gasteiger partial charge in [0.2, 0.25) is 5.91 Å². The van der Waals surface area contributed by atoms with Gasteiger partial charge < -0.3 is 10.4 Å². The summed E-state index contributed by atoms with van der Waals surface area (Å²) >= 11 is 0. The number of carboxylic acid groups (broad SMARTS) is 1. The summed E-state index contributed by atoms with van der Waals surface area (Å²) in [6.45, 7) is 0.287. The number of hydrogen-bond acceptors (Lipinski definition) is 4. The fraction of sp³-hybridized carbons (Fsp3) is 0.400. The number of carboxylic acids is 1. The molecule has 1 amide bonds. The Hall–Kier alpha value is -1.98. The van der Waals surface area contributed by atoms with Crippen LogP contribution in [0.4, 0.5) is 0 Å². The summed E-state index contributed by atoms with van der Waals surface area (Å²) in [6.07, 6.45) is 1.98. The minimum absolute atomic E-state index is 0.224. The molecule has 1 aromatic rings. The van der Waals surface area contributed by atoms with E-state index in [0.717, 1.165) is 0 Å². The summed E-state index contributed by atoms with van der Waals surface area (Å²) in [5.74, 6) is -2.02. The minimum Gasteiger partial charge on any atom is -0.481 e. The molecule has 0 aliphatic heterocycles. The highest BCUT2D eigenvalue weighted by Gasteiger charge is 2.48. The van der Waals surface area contributed by atoms with Crippen molar-refractivity contribution in [3.8, 4) is 0 Å². The normalized spacial score (nSPS) is 22.5. The highest BCUT2D eigenvalue weighted by Crippen LogP contribution is 2.38. The maximum Gasteiger partial charge on any atom is 0.307 e. The molecule has 0 spiro atoms. The van der Waals surface area contributed by atoms with Crippen molar-refractivity contribution in [1.29, 1.82) is 0 Å². The number of amides is 1. The Labute approximate surface area is 91.7 Å². The van der Waals surface area contributed by atoms with Gasteiger partial charge in [0.25, 0.3) is 0 Å². The first-order valence-corrected chi connectivity index (χ1v) is 4.95. The van der Waals surface area contributed by atoms with Gasteiger partial charge in [0.15, 0.2) is 0 Å². The fourth-order valence-electron chi connectivity index (χ4n) is 1.49. The lowest BCUT2D eigenvalue weighted by molar-refractivity contribution is -0.140. The van der Waals surface area contributed by atoms with Gasteiger partial charge in [-0.1, -0.05) is 0 Å². The van der Waals surface area contributed by atoms with Crippen LogP contribution in [0, 0.1) is 11.8 Å². The van der Waals surface area contributed by atoms with Crippen molar-refractivity contribution < 1.29 is 14.7 Å². The zero-order valence-corrected chi connectivity index (χ0v) is 8.46. The number of aromatic nitrogens is 2. The summed E-state index contributed by atoms with van der Waals surface area (Å²) in [7, 11) is 0. The zero-order valence-electron chi connectivity index (χ0n) is 8.46. The molecular weight excluding hydrogens is 210 g/mol. The molecular formula is C10H11N3O3. The van der Waals surface area contributed by atoms with E-state index >= 15 is 0 Å². The lowest BCUT2D eigenvalue weighted by atomic mass is 10.3. The van der Waals surface area contributed by atoms with E-state index in [1.807, 2.05) is 0 Å². The van der Waals surface area contributed by atoms with Crippen LogP contribution >= 0.6 is 0 Å². The third-order valence-corrected chi connectivity index (χ3v) is 2.52. The Balaban J connectivity index is 1.80. The van der Waals surface area contributed by atoms with E-state index in [1.165, 1.54) is 0 Å². The maximum atomic E-state index is 11.5. The van der Waals surface area contributed by atoms with Crippen LogP contribution in [0.3, 0.4) is 0 Å². The summed E-state index contributed by atoms with van der Waals surface area (Å²) in [5, 5.41) is 18.8. The lowest BCUT2D eigenvalue weighted by Crippen LogP contribution is -2.26. The van der Waals surface area contributed by atoms with Crippen molar-refractivity contribution in [3.63, 3.8) is 0 Å². The zero-order chi connectivity index (χ0) is 11.5. The first kappa shape index (κ1) is 10.5. The molecule has 84 valence electrons. The van der Waals surface area contributed by atoms with Gasteiger partial charge in [0, 0.05) is 6.20 Å². The number of rotatable bonds is 4. The Morgan fingerprint density at radius 2 is 2.31 bits per heavy atom. The fourth-order valence-corrected chi connectivity index (χ4v) is 1.49. The quantitative estimate of drug-likeness (QED) is 0.735. The van der Waals surface area contributed by atoms with Gasteiger partial charge in [0.1, 0.15) is 0 Å². The van der Waals surface area contributed by atoms with Crippen molar-refractivity contribution in [2.24, 2.45) is 11.8 Å². The largest absolute Gasteiger partial charge is 0.481 e. The molecule has 2 rings (SSSR count). The first-order valence-electron chi connectivity index (χ1n) is 4.95. The Kier molecular flexibility index (Phi) is 2.80. The molecule has 16 heavy (non-hydrogen) atoms. The Bertz CT molecular complexity index is 407. The third kappa shape index (κ3) is 2.33. The van der Waals surface area contributed by atoms with Gasteiger partial charge in [-0.2, -0.15) is 10.2 Å². The van der Waals surface area contributed by atoms with Gasteiger partial charge in [-0.05, 0) is 18.6 Å². The predicted molar refractivity (Wildman–Crippen MR) is 53.1 cm³/mol. The Morgan fingerprint density at radius 1 is 1.50 bits per heavy atom. The van der Waals surface area contributed by atoms with Crippen LogP contribution in [0.25, 0.3) is 0 Å². The molecule has 0 saturated heterocycles. The van der Waals surface area contributed by atoms with Crippen LogP contribution in [0.15, 0.2) is 18.3 Å². The summed E-state index contributed by atoms with van der Waals surface area (Å²) < 4.78 is 0. The molecule has 6 heteroatoms. The number of nitrogens with zero attached hydrogens (tertiary/aromatic N) is 2. The molecule has 1 saturated carbocycles. The van der Waals surface area contributed by atoms with E-state index in [0.29, 0.717) is 12.1 Å². The van der Waals surface area contributed by atoms with Crippen molar-refractivity contribution in [3.05, 3.63) is 24.0 Å². The minimum atomic E-state index is -0.903. The monoisotopic (exact) mass is 221 g/mol. The molecule has 1 aromatic heterocycles. The van der Waals surface area contributed by atoms with Crippen LogP contribution in [0.2, 0.25) is 0 Å². The van der Waals surface area contributed by atoms with Crippen LogP contribution in [0.1, 0.15) is 12.1 Å². The maximum absolute atomic E-state index is 11.5.